The highest BCUT2D eigenvalue weighted by atomic mass is 32.1. The van der Waals surface area contributed by atoms with E-state index in [2.05, 4.69) is 297 Å². The van der Waals surface area contributed by atoms with Gasteiger partial charge in [0.05, 0.1) is 33.6 Å². The smallest absolute Gasteiger partial charge is 0.164 e. The van der Waals surface area contributed by atoms with Crippen molar-refractivity contribution in [1.82, 2.24) is 34.9 Å². The maximum Gasteiger partial charge on any atom is 0.164 e. The molecular weight excluding hydrogens is 1350 g/mol. The number of nitrogens with zero attached hydrogens (tertiary/aromatic N) is 7. The van der Waals surface area contributed by atoms with Crippen LogP contribution in [-0.2, 0) is 0 Å². The Morgan fingerprint density at radius 1 is 0.167 bits per heavy atom. The van der Waals surface area contributed by atoms with Gasteiger partial charge in [-0.15, -0.1) is 22.7 Å². The van der Waals surface area contributed by atoms with E-state index in [9.17, 15) is 0 Å². The molecule has 0 bridgehead atoms. The molecule has 0 atom stereocenters. The molecule has 6 aromatic heterocycles. The Morgan fingerprint density at radius 3 is 0.815 bits per heavy atom. The maximum atomic E-state index is 5.41. The second-order valence-corrected chi connectivity index (χ2v) is 28.6. The minimum atomic E-state index is 0.637. The van der Waals surface area contributed by atoms with Gasteiger partial charge in [-0.3, -0.25) is 0 Å². The van der Waals surface area contributed by atoms with Crippen LogP contribution in [0.2, 0.25) is 0 Å². The number of aromatic nitrogens is 7. The number of hydrogen-bond acceptors (Lipinski definition) is 9. The lowest BCUT2D eigenvalue weighted by Gasteiger charge is -2.12. The number of para-hydroxylation sites is 1. The molecule has 7 nitrogen and oxygen atoms in total. The van der Waals surface area contributed by atoms with Crippen molar-refractivity contribution in [1.29, 1.82) is 0 Å². The lowest BCUT2D eigenvalue weighted by atomic mass is 9.94. The van der Waals surface area contributed by atoms with Gasteiger partial charge in [-0.05, 0) is 74.8 Å². The summed E-state index contributed by atoms with van der Waals surface area (Å²) >= 11 is 3.71. The molecule has 0 amide bonds. The van der Waals surface area contributed by atoms with Gasteiger partial charge >= 0.3 is 0 Å². The normalized spacial score (nSPS) is 11.3. The summed E-state index contributed by atoms with van der Waals surface area (Å²) in [5.41, 5.74) is 24.7. The Bertz CT molecular complexity index is 6590. The van der Waals surface area contributed by atoms with Crippen molar-refractivity contribution in [2.75, 3.05) is 0 Å². The van der Waals surface area contributed by atoms with Crippen LogP contribution in [-0.4, -0.2) is 34.9 Å². The molecule has 0 unspecified atom stereocenters. The molecule has 506 valence electrons. The van der Waals surface area contributed by atoms with Gasteiger partial charge < -0.3 is 0 Å². The fraction of sp³-hybridized carbons (Fsp3) is 0. The van der Waals surface area contributed by atoms with Gasteiger partial charge in [-0.2, -0.15) is 0 Å². The molecule has 0 radical (unpaired) electrons. The average molecular weight is 1410 g/mol. The Hall–Kier alpha value is -13.8. The van der Waals surface area contributed by atoms with Gasteiger partial charge in [0.1, 0.15) is 0 Å². The first-order valence-corrected chi connectivity index (χ1v) is 37.7. The van der Waals surface area contributed by atoms with E-state index in [0.717, 1.165) is 117 Å². The summed E-state index contributed by atoms with van der Waals surface area (Å²) in [4.78, 5) is 38.1. The molecule has 0 aliphatic carbocycles. The number of rotatable bonds is 13. The topological polar surface area (TPSA) is 90.2 Å². The second-order valence-electron chi connectivity index (χ2n) is 26.6. The van der Waals surface area contributed by atoms with Crippen LogP contribution in [0.15, 0.2) is 382 Å². The SMILES string of the molecule is c1ccc(-c2nc(-c3ccc(-c4ccc5nc(-c6ccccc6)c6c(-c7ccccc7)c(-c7ccccc7)sc6c5c4)cc3)c3ccccc3n2)cc1.c1ccc(-c2nc(-c3ccccc3)nc(-c3ccc(-c4ccc5nc(-c6ccccc6)c6c(-c7ccccc7)c(-c7ccccc7)sc6c5c4)cc3)n2)cc1. The molecule has 0 spiro atoms. The molecule has 6 heterocycles. The molecule has 0 N–H and O–H groups in total. The van der Waals surface area contributed by atoms with Crippen molar-refractivity contribution < 1.29 is 0 Å². The average Bonchev–Trinajstić information content (AvgIpc) is 1.55. The molecular formula is C99H63N7S2. The van der Waals surface area contributed by atoms with E-state index in [0.29, 0.717) is 17.5 Å². The van der Waals surface area contributed by atoms with Gasteiger partial charge in [-0.1, -0.05) is 352 Å². The summed E-state index contributed by atoms with van der Waals surface area (Å²) in [6.45, 7) is 0. The predicted octanol–water partition coefficient (Wildman–Crippen LogP) is 26.7. The van der Waals surface area contributed by atoms with Crippen LogP contribution < -0.4 is 0 Å². The zero-order chi connectivity index (χ0) is 71.7. The van der Waals surface area contributed by atoms with Crippen molar-refractivity contribution in [3.63, 3.8) is 0 Å². The Balaban J connectivity index is 0.000000147. The van der Waals surface area contributed by atoms with Crippen LogP contribution in [0, 0.1) is 0 Å². The number of benzene rings is 14. The fourth-order valence-corrected chi connectivity index (χ4v) is 17.3. The van der Waals surface area contributed by atoms with Crippen molar-refractivity contribution in [3.05, 3.63) is 382 Å². The first kappa shape index (κ1) is 65.0. The number of fused-ring (bicyclic) bond motifs is 7. The van der Waals surface area contributed by atoms with Gasteiger partial charge in [0.15, 0.2) is 23.3 Å². The Morgan fingerprint density at radius 2 is 0.435 bits per heavy atom. The van der Waals surface area contributed by atoms with Gasteiger partial charge in [0, 0.05) is 96.2 Å². The van der Waals surface area contributed by atoms with E-state index in [1.165, 1.54) is 63.3 Å². The third-order valence-corrected chi connectivity index (χ3v) is 22.4. The number of hydrogen-bond donors (Lipinski definition) is 0. The van der Waals surface area contributed by atoms with E-state index in [1.807, 2.05) is 108 Å². The predicted molar refractivity (Wildman–Crippen MR) is 451 cm³/mol. The summed E-state index contributed by atoms with van der Waals surface area (Å²) in [6.07, 6.45) is 0. The second kappa shape index (κ2) is 28.7. The van der Waals surface area contributed by atoms with Gasteiger partial charge in [0.25, 0.3) is 0 Å². The van der Waals surface area contributed by atoms with E-state index < -0.39 is 0 Å². The van der Waals surface area contributed by atoms with Crippen LogP contribution in [0.3, 0.4) is 0 Å². The molecule has 0 saturated carbocycles. The largest absolute Gasteiger partial charge is 0.247 e. The first-order valence-electron chi connectivity index (χ1n) is 36.1. The summed E-state index contributed by atoms with van der Waals surface area (Å²) in [5, 5.41) is 5.70. The highest BCUT2D eigenvalue weighted by Crippen LogP contribution is 2.53. The lowest BCUT2D eigenvalue weighted by molar-refractivity contribution is 1.07. The zero-order valence-electron chi connectivity index (χ0n) is 58.3. The van der Waals surface area contributed by atoms with Crippen LogP contribution in [0.5, 0.6) is 0 Å². The quantitative estimate of drug-likeness (QED) is 0.114. The minimum Gasteiger partial charge on any atom is -0.247 e. The molecule has 0 saturated heterocycles. The van der Waals surface area contributed by atoms with Crippen molar-refractivity contribution in [2.24, 2.45) is 0 Å². The molecule has 9 heteroatoms. The van der Waals surface area contributed by atoms with Crippen molar-refractivity contribution >= 4 is 75.6 Å². The lowest BCUT2D eigenvalue weighted by Crippen LogP contribution is -2.00. The molecule has 20 aromatic rings. The van der Waals surface area contributed by atoms with Crippen molar-refractivity contribution in [3.8, 4) is 145 Å². The molecule has 20 rings (SSSR count). The Kier molecular flexibility index (Phi) is 17.2. The number of thiophene rings is 2. The Labute approximate surface area is 632 Å². The third-order valence-electron chi connectivity index (χ3n) is 19.8. The maximum absolute atomic E-state index is 5.41. The fourth-order valence-electron chi connectivity index (χ4n) is 14.6. The molecule has 14 aromatic carbocycles. The summed E-state index contributed by atoms with van der Waals surface area (Å²) < 4.78 is 2.47. The zero-order valence-corrected chi connectivity index (χ0v) is 60.0. The standard InChI is InChI=1S/C50H32N4S.C49H31N3S/c1-6-16-34(17-7-1)43-44-45(35-18-8-2-9-19-35)51-42-31-30-40(32-41(42)47(44)55-46(43)36-20-10-3-11-21-36)33-26-28-39(29-27-33)50-53-48(37-22-12-4-13-23-37)52-49(54-50)38-24-14-5-15-25-38;1-5-15-33(16-6-1)43-44-46(34-17-7-2-8-18-34)50-42-30-29-38(31-40(42)48(44)53-47(43)36-19-9-3-10-20-36)32-25-27-35(28-26-32)45-39-23-13-14-24-41(39)51-49(52-45)37-21-11-4-12-22-37/h1-32H;1-31H. The van der Waals surface area contributed by atoms with E-state index in [1.54, 1.807) is 0 Å². The van der Waals surface area contributed by atoms with E-state index in [4.69, 9.17) is 34.9 Å². The van der Waals surface area contributed by atoms with Crippen LogP contribution >= 0.6 is 22.7 Å². The van der Waals surface area contributed by atoms with E-state index >= 15 is 0 Å². The summed E-state index contributed by atoms with van der Waals surface area (Å²) in [5.74, 6) is 2.66. The van der Waals surface area contributed by atoms with Crippen molar-refractivity contribution in [2.45, 2.75) is 0 Å². The minimum absolute atomic E-state index is 0.637. The van der Waals surface area contributed by atoms with Gasteiger partial charge in [0.2, 0.25) is 0 Å². The van der Waals surface area contributed by atoms with Crippen LogP contribution in [0.25, 0.3) is 198 Å². The highest BCUT2D eigenvalue weighted by molar-refractivity contribution is 7.24. The van der Waals surface area contributed by atoms with Crippen LogP contribution in [0.1, 0.15) is 0 Å². The third kappa shape index (κ3) is 12.5. The number of pyridine rings is 2. The van der Waals surface area contributed by atoms with Crippen LogP contribution in [0.4, 0.5) is 0 Å². The van der Waals surface area contributed by atoms with Gasteiger partial charge in [-0.25, -0.2) is 34.9 Å². The molecule has 108 heavy (non-hydrogen) atoms. The first-order chi connectivity index (χ1) is 53.5. The van der Waals surface area contributed by atoms with E-state index in [-0.39, 0.29) is 0 Å². The summed E-state index contributed by atoms with van der Waals surface area (Å²) in [7, 11) is 0. The molecule has 0 aliphatic rings. The highest BCUT2D eigenvalue weighted by Gasteiger charge is 2.26. The molecule has 0 aliphatic heterocycles. The molecule has 0 fully saturated rings. The monoisotopic (exact) mass is 1410 g/mol. The summed E-state index contributed by atoms with van der Waals surface area (Å²) in [6, 6.07) is 133.